The van der Waals surface area contributed by atoms with Gasteiger partial charge in [0.05, 0.1) is 5.92 Å². The average molecular weight is 364 g/mol. The van der Waals surface area contributed by atoms with Gasteiger partial charge in [0, 0.05) is 24.3 Å². The lowest BCUT2D eigenvalue weighted by Crippen LogP contribution is -2.29. The third-order valence-electron chi connectivity index (χ3n) is 5.29. The third-order valence-corrected chi connectivity index (χ3v) is 5.29. The van der Waals surface area contributed by atoms with Gasteiger partial charge in [-0.15, -0.1) is 0 Å². The smallest absolute Gasteiger partial charge is 0.229 e. The normalized spacial score (nSPS) is 17.3. The summed E-state index contributed by atoms with van der Waals surface area (Å²) in [7, 11) is 0. The number of carbonyl (C=O) groups excluding carboxylic acids is 2. The van der Waals surface area contributed by atoms with Gasteiger partial charge in [0.15, 0.2) is 0 Å². The highest BCUT2D eigenvalue weighted by Gasteiger charge is 2.35. The average Bonchev–Trinajstić information content (AvgIpc) is 2.99. The van der Waals surface area contributed by atoms with Crippen LogP contribution in [-0.2, 0) is 15.0 Å². The summed E-state index contributed by atoms with van der Waals surface area (Å²) in [5.41, 5.74) is 5.06. The van der Waals surface area contributed by atoms with Gasteiger partial charge in [0.25, 0.3) is 0 Å². The van der Waals surface area contributed by atoms with E-state index in [1.807, 2.05) is 56.3 Å². The summed E-state index contributed by atoms with van der Waals surface area (Å²) in [6.07, 6.45) is 0.246. The zero-order valence-electron chi connectivity index (χ0n) is 16.8. The molecule has 1 fully saturated rings. The van der Waals surface area contributed by atoms with Crippen LogP contribution in [-0.4, -0.2) is 18.4 Å². The Balaban J connectivity index is 1.76. The Hall–Kier alpha value is -2.62. The first-order valence-corrected chi connectivity index (χ1v) is 9.45. The Labute approximate surface area is 161 Å². The number of aryl methyl sites for hydroxylation is 2. The minimum Gasteiger partial charge on any atom is -0.326 e. The molecule has 1 aliphatic rings. The van der Waals surface area contributed by atoms with E-state index in [9.17, 15) is 9.59 Å². The summed E-state index contributed by atoms with van der Waals surface area (Å²) in [5, 5.41) is 3.05. The van der Waals surface area contributed by atoms with Crippen LogP contribution < -0.4 is 10.2 Å². The molecule has 0 aliphatic carbocycles. The molecule has 27 heavy (non-hydrogen) atoms. The van der Waals surface area contributed by atoms with Gasteiger partial charge in [0.2, 0.25) is 11.8 Å². The molecule has 0 aromatic heterocycles. The topological polar surface area (TPSA) is 49.4 Å². The first kappa shape index (κ1) is 19.2. The molecule has 0 unspecified atom stereocenters. The molecule has 2 aromatic rings. The molecule has 0 saturated carbocycles. The van der Waals surface area contributed by atoms with Crippen molar-refractivity contribution < 1.29 is 9.59 Å². The van der Waals surface area contributed by atoms with E-state index in [-0.39, 0.29) is 29.6 Å². The second-order valence-corrected chi connectivity index (χ2v) is 8.46. The highest BCUT2D eigenvalue weighted by Crippen LogP contribution is 2.31. The van der Waals surface area contributed by atoms with Crippen LogP contribution in [0, 0.1) is 19.8 Å². The van der Waals surface area contributed by atoms with Crippen molar-refractivity contribution in [3.05, 3.63) is 59.2 Å². The van der Waals surface area contributed by atoms with E-state index in [0.717, 1.165) is 22.5 Å². The van der Waals surface area contributed by atoms with E-state index >= 15 is 0 Å². The van der Waals surface area contributed by atoms with Crippen molar-refractivity contribution in [1.82, 2.24) is 0 Å². The number of hydrogen-bond donors (Lipinski definition) is 1. The first-order chi connectivity index (χ1) is 12.7. The second-order valence-electron chi connectivity index (χ2n) is 8.46. The first-order valence-electron chi connectivity index (χ1n) is 9.45. The molecule has 1 N–H and O–H groups in total. The number of nitrogens with one attached hydrogen (secondary N) is 1. The molecular weight excluding hydrogens is 336 g/mol. The van der Waals surface area contributed by atoms with Crippen molar-refractivity contribution in [3.63, 3.8) is 0 Å². The molecule has 2 aromatic carbocycles. The van der Waals surface area contributed by atoms with E-state index in [1.165, 1.54) is 5.56 Å². The molecule has 1 atom stereocenters. The molecular formula is C23H28N2O2. The van der Waals surface area contributed by atoms with Gasteiger partial charge in [0.1, 0.15) is 0 Å². The Morgan fingerprint density at radius 2 is 1.78 bits per heavy atom. The fourth-order valence-corrected chi connectivity index (χ4v) is 3.51. The zero-order valence-corrected chi connectivity index (χ0v) is 16.8. The monoisotopic (exact) mass is 364 g/mol. The van der Waals surface area contributed by atoms with Crippen molar-refractivity contribution >= 4 is 23.2 Å². The van der Waals surface area contributed by atoms with Crippen LogP contribution in [0.5, 0.6) is 0 Å². The molecule has 3 rings (SSSR count). The van der Waals surface area contributed by atoms with Crippen LogP contribution in [0.4, 0.5) is 11.4 Å². The number of para-hydroxylation sites is 1. The van der Waals surface area contributed by atoms with E-state index in [0.29, 0.717) is 6.54 Å². The van der Waals surface area contributed by atoms with Crippen molar-refractivity contribution in [3.8, 4) is 0 Å². The number of nitrogens with zero attached hydrogens (tertiary/aromatic N) is 1. The van der Waals surface area contributed by atoms with E-state index in [4.69, 9.17) is 0 Å². The summed E-state index contributed by atoms with van der Waals surface area (Å²) in [4.78, 5) is 27.1. The number of rotatable bonds is 3. The van der Waals surface area contributed by atoms with Gasteiger partial charge >= 0.3 is 0 Å². The lowest BCUT2D eigenvalue weighted by atomic mass is 9.85. The van der Waals surface area contributed by atoms with Crippen LogP contribution in [0.25, 0.3) is 0 Å². The van der Waals surface area contributed by atoms with Crippen molar-refractivity contribution in [2.45, 2.75) is 46.5 Å². The maximum Gasteiger partial charge on any atom is 0.229 e. The summed E-state index contributed by atoms with van der Waals surface area (Å²) in [6, 6.07) is 13.9. The lowest BCUT2D eigenvalue weighted by Gasteiger charge is -2.23. The lowest BCUT2D eigenvalue weighted by molar-refractivity contribution is -0.122. The maximum absolute atomic E-state index is 12.8. The van der Waals surface area contributed by atoms with E-state index in [2.05, 4.69) is 26.1 Å². The Bertz CT molecular complexity index is 880. The van der Waals surface area contributed by atoms with Crippen LogP contribution in [0.15, 0.2) is 42.5 Å². The Morgan fingerprint density at radius 3 is 2.44 bits per heavy atom. The SMILES string of the molecule is Cc1ccc(N2C[C@@H](C(=O)Nc3ccccc3C(C)(C)C)CC2=O)cc1C. The van der Waals surface area contributed by atoms with E-state index in [1.54, 1.807) is 4.90 Å². The molecule has 0 bridgehead atoms. The number of benzene rings is 2. The fraction of sp³-hybridized carbons (Fsp3) is 0.391. The fourth-order valence-electron chi connectivity index (χ4n) is 3.51. The molecule has 2 amide bonds. The molecule has 1 heterocycles. The number of carbonyl (C=O) groups is 2. The zero-order chi connectivity index (χ0) is 19.8. The number of anilines is 2. The molecule has 1 saturated heterocycles. The Morgan fingerprint density at radius 1 is 1.07 bits per heavy atom. The number of amides is 2. The van der Waals surface area contributed by atoms with Gasteiger partial charge in [-0.25, -0.2) is 0 Å². The largest absolute Gasteiger partial charge is 0.326 e. The third kappa shape index (κ3) is 4.05. The molecule has 1 aliphatic heterocycles. The summed E-state index contributed by atoms with van der Waals surface area (Å²) < 4.78 is 0. The van der Waals surface area contributed by atoms with Crippen molar-refractivity contribution in [1.29, 1.82) is 0 Å². The standard InChI is InChI=1S/C23H28N2O2/c1-15-10-11-18(12-16(15)2)25-14-17(13-21(25)26)22(27)24-20-9-7-6-8-19(20)23(3,4)5/h6-12,17H,13-14H2,1-5H3,(H,24,27)/t17-/m0/s1. The van der Waals surface area contributed by atoms with Crippen LogP contribution in [0.2, 0.25) is 0 Å². The second kappa shape index (κ2) is 7.18. The predicted octanol–water partition coefficient (Wildman–Crippen LogP) is 4.59. The molecule has 4 heteroatoms. The quantitative estimate of drug-likeness (QED) is 0.866. The molecule has 0 spiro atoms. The van der Waals surface area contributed by atoms with Gasteiger partial charge in [-0.2, -0.15) is 0 Å². The van der Waals surface area contributed by atoms with Gasteiger partial charge in [-0.1, -0.05) is 45.0 Å². The summed E-state index contributed by atoms with van der Waals surface area (Å²) in [5.74, 6) is -0.430. The van der Waals surface area contributed by atoms with Crippen LogP contribution in [0.1, 0.15) is 43.9 Å². The van der Waals surface area contributed by atoms with Gasteiger partial charge in [-0.3, -0.25) is 9.59 Å². The van der Waals surface area contributed by atoms with Crippen molar-refractivity contribution in [2.75, 3.05) is 16.8 Å². The molecule has 0 radical (unpaired) electrons. The minimum atomic E-state index is -0.341. The maximum atomic E-state index is 12.8. The van der Waals surface area contributed by atoms with Crippen LogP contribution >= 0.6 is 0 Å². The highest BCUT2D eigenvalue weighted by atomic mass is 16.2. The van der Waals surface area contributed by atoms with Gasteiger partial charge in [-0.05, 0) is 54.2 Å². The number of hydrogen-bond acceptors (Lipinski definition) is 2. The van der Waals surface area contributed by atoms with Gasteiger partial charge < -0.3 is 10.2 Å². The predicted molar refractivity (Wildman–Crippen MR) is 110 cm³/mol. The van der Waals surface area contributed by atoms with Crippen molar-refractivity contribution in [2.24, 2.45) is 5.92 Å². The summed E-state index contributed by atoms with van der Waals surface area (Å²) >= 11 is 0. The summed E-state index contributed by atoms with van der Waals surface area (Å²) in [6.45, 7) is 10.9. The van der Waals surface area contributed by atoms with E-state index < -0.39 is 0 Å². The molecule has 4 nitrogen and oxygen atoms in total. The minimum absolute atomic E-state index is 0.00232. The molecule has 142 valence electrons. The van der Waals surface area contributed by atoms with Crippen LogP contribution in [0.3, 0.4) is 0 Å². The Kier molecular flexibility index (Phi) is 5.09. The highest BCUT2D eigenvalue weighted by molar-refractivity contribution is 6.03.